The number of carbonyl (C=O) groups excluding carboxylic acids is 1. The monoisotopic (exact) mass is 444 g/mol. The number of nitriles is 1. The summed E-state index contributed by atoms with van der Waals surface area (Å²) in [6, 6.07) is 8.78. The first kappa shape index (κ1) is 20.8. The number of benzene rings is 1. The molecule has 1 aromatic heterocycles. The lowest BCUT2D eigenvalue weighted by atomic mass is 10.1. The van der Waals surface area contributed by atoms with Crippen LogP contribution in [0.15, 0.2) is 29.2 Å². The predicted octanol–water partition coefficient (Wildman–Crippen LogP) is 3.33. The Balaban J connectivity index is 1.40. The maximum absolute atomic E-state index is 12.8. The first-order valence-electron chi connectivity index (χ1n) is 10.2. The molecule has 0 unspecified atom stereocenters. The zero-order valence-corrected chi connectivity index (χ0v) is 18.2. The van der Waals surface area contributed by atoms with Crippen LogP contribution in [0.3, 0.4) is 0 Å². The van der Waals surface area contributed by atoms with Gasteiger partial charge in [0.2, 0.25) is 15.9 Å². The van der Waals surface area contributed by atoms with Crippen LogP contribution in [-0.2, 0) is 27.7 Å². The van der Waals surface area contributed by atoms with Crippen LogP contribution < -0.4 is 10.6 Å². The number of carbonyl (C=O) groups is 1. The van der Waals surface area contributed by atoms with Gasteiger partial charge in [-0.05, 0) is 55.9 Å². The lowest BCUT2D eigenvalue weighted by Gasteiger charge is -2.26. The highest BCUT2D eigenvalue weighted by molar-refractivity contribution is 7.89. The summed E-state index contributed by atoms with van der Waals surface area (Å²) in [5.74, 6) is -0.268. The SMILES string of the molecule is N#Cc1c(NC(=O)CNc2cccc(S(=O)(=O)N3CCCCC3)c2)sc2c1CCC2. The second kappa shape index (κ2) is 8.76. The van der Waals surface area contributed by atoms with Gasteiger partial charge in [0.25, 0.3) is 0 Å². The van der Waals surface area contributed by atoms with E-state index in [2.05, 4.69) is 16.7 Å². The molecule has 0 bridgehead atoms. The second-order valence-corrected chi connectivity index (χ2v) is 10.6. The number of piperidine rings is 1. The van der Waals surface area contributed by atoms with E-state index in [-0.39, 0.29) is 17.3 Å². The second-order valence-electron chi connectivity index (χ2n) is 7.57. The third-order valence-electron chi connectivity index (χ3n) is 5.53. The molecule has 0 saturated carbocycles. The minimum Gasteiger partial charge on any atom is -0.376 e. The van der Waals surface area contributed by atoms with E-state index < -0.39 is 10.0 Å². The summed E-state index contributed by atoms with van der Waals surface area (Å²) in [6.45, 7) is 1.09. The Morgan fingerprint density at radius 3 is 2.73 bits per heavy atom. The van der Waals surface area contributed by atoms with Crippen molar-refractivity contribution in [3.05, 3.63) is 40.3 Å². The summed E-state index contributed by atoms with van der Waals surface area (Å²) in [7, 11) is -3.52. The van der Waals surface area contributed by atoms with Crippen molar-refractivity contribution < 1.29 is 13.2 Å². The van der Waals surface area contributed by atoms with Gasteiger partial charge in [-0.25, -0.2) is 8.42 Å². The number of aryl methyl sites for hydroxylation is 1. The van der Waals surface area contributed by atoms with Crippen molar-refractivity contribution in [2.24, 2.45) is 0 Å². The van der Waals surface area contributed by atoms with Crippen LogP contribution in [0, 0.1) is 11.3 Å². The fourth-order valence-electron chi connectivity index (χ4n) is 3.98. The molecule has 4 rings (SSSR count). The quantitative estimate of drug-likeness (QED) is 0.711. The molecule has 1 saturated heterocycles. The van der Waals surface area contributed by atoms with Gasteiger partial charge in [0, 0.05) is 23.7 Å². The highest BCUT2D eigenvalue weighted by Gasteiger charge is 2.26. The number of amides is 1. The summed E-state index contributed by atoms with van der Waals surface area (Å²) >= 11 is 1.48. The van der Waals surface area contributed by atoms with Gasteiger partial charge in [-0.1, -0.05) is 12.5 Å². The number of rotatable bonds is 6. The van der Waals surface area contributed by atoms with Crippen LogP contribution in [0.1, 0.15) is 41.7 Å². The highest BCUT2D eigenvalue weighted by atomic mass is 32.2. The van der Waals surface area contributed by atoms with E-state index in [1.165, 1.54) is 20.5 Å². The molecule has 1 amide bonds. The van der Waals surface area contributed by atoms with Crippen LogP contribution >= 0.6 is 11.3 Å². The first-order valence-corrected chi connectivity index (χ1v) is 12.4. The van der Waals surface area contributed by atoms with Crippen LogP contribution in [0.4, 0.5) is 10.7 Å². The Morgan fingerprint density at radius 1 is 1.17 bits per heavy atom. The van der Waals surface area contributed by atoms with E-state index in [9.17, 15) is 18.5 Å². The average molecular weight is 445 g/mol. The highest BCUT2D eigenvalue weighted by Crippen LogP contribution is 2.38. The minimum absolute atomic E-state index is 0.0132. The molecule has 0 radical (unpaired) electrons. The Labute approximate surface area is 180 Å². The number of thiophene rings is 1. The van der Waals surface area contributed by atoms with Crippen molar-refractivity contribution in [2.75, 3.05) is 30.3 Å². The molecule has 7 nitrogen and oxygen atoms in total. The molecule has 2 aromatic rings. The van der Waals surface area contributed by atoms with Crippen LogP contribution in [0.2, 0.25) is 0 Å². The van der Waals surface area contributed by atoms with Gasteiger partial charge in [-0.15, -0.1) is 11.3 Å². The number of anilines is 2. The van der Waals surface area contributed by atoms with Gasteiger partial charge < -0.3 is 10.6 Å². The van der Waals surface area contributed by atoms with E-state index in [0.29, 0.717) is 29.3 Å². The topological polar surface area (TPSA) is 102 Å². The number of nitrogens with zero attached hydrogens (tertiary/aromatic N) is 2. The largest absolute Gasteiger partial charge is 0.376 e. The number of hydrogen-bond acceptors (Lipinski definition) is 6. The van der Waals surface area contributed by atoms with Crippen molar-refractivity contribution in [3.63, 3.8) is 0 Å². The molecule has 9 heteroatoms. The number of nitrogens with one attached hydrogen (secondary N) is 2. The van der Waals surface area contributed by atoms with Crippen molar-refractivity contribution in [1.82, 2.24) is 4.31 Å². The fraction of sp³-hybridized carbons (Fsp3) is 0.429. The zero-order valence-electron chi connectivity index (χ0n) is 16.6. The van der Waals surface area contributed by atoms with Gasteiger partial charge in [0.1, 0.15) is 11.1 Å². The predicted molar refractivity (Wildman–Crippen MR) is 117 cm³/mol. The summed E-state index contributed by atoms with van der Waals surface area (Å²) in [6.07, 6.45) is 5.73. The van der Waals surface area contributed by atoms with Crippen LogP contribution in [0.5, 0.6) is 0 Å². The van der Waals surface area contributed by atoms with Crippen molar-refractivity contribution in [1.29, 1.82) is 5.26 Å². The lowest BCUT2D eigenvalue weighted by molar-refractivity contribution is -0.114. The van der Waals surface area contributed by atoms with Crippen LogP contribution in [0.25, 0.3) is 0 Å². The summed E-state index contributed by atoms with van der Waals surface area (Å²) in [5.41, 5.74) is 2.22. The molecule has 0 spiro atoms. The molecule has 1 aliphatic carbocycles. The molecule has 2 N–H and O–H groups in total. The molecular weight excluding hydrogens is 420 g/mol. The third kappa shape index (κ3) is 4.21. The lowest BCUT2D eigenvalue weighted by Crippen LogP contribution is -2.35. The maximum Gasteiger partial charge on any atom is 0.244 e. The molecule has 2 heterocycles. The molecule has 2 aliphatic rings. The smallest absolute Gasteiger partial charge is 0.244 e. The van der Waals surface area contributed by atoms with E-state index in [1.807, 2.05) is 0 Å². The van der Waals surface area contributed by atoms with Crippen molar-refractivity contribution >= 4 is 38.0 Å². The standard InChI is InChI=1S/C21H24N4O3S2/c22-13-18-17-8-5-9-19(17)29-21(18)24-20(26)14-23-15-6-4-7-16(12-15)30(27,28)25-10-2-1-3-11-25/h4,6-7,12,23H,1-3,5,8-11,14H2,(H,24,26). The van der Waals surface area contributed by atoms with Crippen molar-refractivity contribution in [3.8, 4) is 6.07 Å². The molecular formula is C21H24N4O3S2. The van der Waals surface area contributed by atoms with E-state index in [4.69, 9.17) is 0 Å². The zero-order chi connectivity index (χ0) is 21.1. The minimum atomic E-state index is -3.52. The maximum atomic E-state index is 12.8. The van der Waals surface area contributed by atoms with Gasteiger partial charge in [0.15, 0.2) is 0 Å². The summed E-state index contributed by atoms with van der Waals surface area (Å²) in [4.78, 5) is 13.8. The number of sulfonamides is 1. The molecule has 1 aromatic carbocycles. The van der Waals surface area contributed by atoms with Gasteiger partial charge in [-0.2, -0.15) is 9.57 Å². The van der Waals surface area contributed by atoms with E-state index >= 15 is 0 Å². The normalized spacial score (nSPS) is 16.6. The van der Waals surface area contributed by atoms with Gasteiger partial charge in [0.05, 0.1) is 17.0 Å². The fourth-order valence-corrected chi connectivity index (χ4v) is 6.80. The molecule has 158 valence electrons. The Bertz CT molecular complexity index is 1100. The summed E-state index contributed by atoms with van der Waals surface area (Å²) in [5, 5.41) is 15.9. The Morgan fingerprint density at radius 2 is 1.97 bits per heavy atom. The first-order chi connectivity index (χ1) is 14.5. The van der Waals surface area contributed by atoms with Gasteiger partial charge in [-0.3, -0.25) is 4.79 Å². The number of fused-ring (bicyclic) bond motifs is 1. The molecule has 30 heavy (non-hydrogen) atoms. The van der Waals surface area contributed by atoms with Crippen LogP contribution in [-0.4, -0.2) is 38.3 Å². The third-order valence-corrected chi connectivity index (χ3v) is 8.63. The Kier molecular flexibility index (Phi) is 6.09. The molecule has 1 fully saturated rings. The Hall–Kier alpha value is -2.41. The molecule has 0 atom stereocenters. The number of hydrogen-bond donors (Lipinski definition) is 2. The van der Waals surface area contributed by atoms with E-state index in [1.54, 1.807) is 24.3 Å². The van der Waals surface area contributed by atoms with Crippen molar-refractivity contribution in [2.45, 2.75) is 43.4 Å². The molecule has 1 aliphatic heterocycles. The average Bonchev–Trinajstić information content (AvgIpc) is 3.34. The van der Waals surface area contributed by atoms with Gasteiger partial charge >= 0.3 is 0 Å². The van der Waals surface area contributed by atoms with E-state index in [0.717, 1.165) is 44.1 Å². The summed E-state index contributed by atoms with van der Waals surface area (Å²) < 4.78 is 27.2.